The second-order valence-corrected chi connectivity index (χ2v) is 6.88. The molecule has 1 fully saturated rings. The monoisotopic (exact) mass is 369 g/mol. The maximum atomic E-state index is 12.5. The van der Waals surface area contributed by atoms with Crippen molar-refractivity contribution in [3.05, 3.63) is 69.9 Å². The fourth-order valence-corrected chi connectivity index (χ4v) is 3.53. The van der Waals surface area contributed by atoms with Gasteiger partial charge >= 0.3 is 0 Å². The molecule has 0 unspecified atom stereocenters. The van der Waals surface area contributed by atoms with Crippen molar-refractivity contribution < 1.29 is 0 Å². The van der Waals surface area contributed by atoms with Crippen molar-refractivity contribution in [3.8, 4) is 5.69 Å². The summed E-state index contributed by atoms with van der Waals surface area (Å²) < 4.78 is 3.35. The molecule has 1 N–H and O–H groups in total. The molecule has 2 aromatic heterocycles. The number of halogens is 1. The summed E-state index contributed by atoms with van der Waals surface area (Å²) in [4.78, 5) is 12.5. The van der Waals surface area contributed by atoms with Gasteiger partial charge in [0.1, 0.15) is 5.02 Å². The molecule has 0 aliphatic heterocycles. The lowest BCUT2D eigenvalue weighted by molar-refractivity contribution is 0.463. The van der Waals surface area contributed by atoms with E-state index in [1.165, 1.54) is 30.4 Å². The first-order valence-electron chi connectivity index (χ1n) is 8.83. The van der Waals surface area contributed by atoms with Gasteiger partial charge in [0.25, 0.3) is 5.56 Å². The van der Waals surface area contributed by atoms with Crippen molar-refractivity contribution in [2.24, 2.45) is 0 Å². The first-order chi connectivity index (χ1) is 12.7. The molecule has 1 saturated carbocycles. The highest BCUT2D eigenvalue weighted by atomic mass is 35.5. The van der Waals surface area contributed by atoms with Gasteiger partial charge in [-0.2, -0.15) is 14.9 Å². The summed E-state index contributed by atoms with van der Waals surface area (Å²) >= 11 is 6.26. The largest absolute Gasteiger partial charge is 0.377 e. The molecule has 0 radical (unpaired) electrons. The minimum absolute atomic E-state index is 0.124. The Morgan fingerprint density at radius 3 is 2.69 bits per heavy atom. The average Bonchev–Trinajstić information content (AvgIpc) is 3.35. The van der Waals surface area contributed by atoms with Crippen LogP contribution in [0.4, 0.5) is 5.69 Å². The van der Waals surface area contributed by atoms with Crippen molar-refractivity contribution >= 4 is 17.3 Å². The van der Waals surface area contributed by atoms with E-state index in [0.29, 0.717) is 24.0 Å². The third kappa shape index (κ3) is 3.37. The number of anilines is 1. The third-order valence-electron chi connectivity index (χ3n) is 4.74. The van der Waals surface area contributed by atoms with Crippen LogP contribution in [0.1, 0.15) is 37.4 Å². The van der Waals surface area contributed by atoms with E-state index in [9.17, 15) is 4.79 Å². The maximum Gasteiger partial charge on any atom is 0.292 e. The summed E-state index contributed by atoms with van der Waals surface area (Å²) in [6.45, 7) is 0.496. The van der Waals surface area contributed by atoms with Gasteiger partial charge in [0.05, 0.1) is 35.9 Å². The van der Waals surface area contributed by atoms with Crippen molar-refractivity contribution in [1.29, 1.82) is 0 Å². The maximum absolute atomic E-state index is 12.5. The van der Waals surface area contributed by atoms with Gasteiger partial charge in [0.15, 0.2) is 0 Å². The SMILES string of the molecule is O=c1c(Cl)c(NCc2ccn(C3CCCC3)n2)cnn1-c1ccccc1. The van der Waals surface area contributed by atoms with E-state index in [1.807, 2.05) is 42.6 Å². The highest BCUT2D eigenvalue weighted by molar-refractivity contribution is 6.32. The van der Waals surface area contributed by atoms with Gasteiger partial charge in [-0.05, 0) is 31.0 Å². The van der Waals surface area contributed by atoms with Crippen LogP contribution < -0.4 is 10.9 Å². The van der Waals surface area contributed by atoms with E-state index in [0.717, 1.165) is 5.69 Å². The second-order valence-electron chi connectivity index (χ2n) is 6.50. The van der Waals surface area contributed by atoms with Gasteiger partial charge in [0, 0.05) is 6.20 Å². The van der Waals surface area contributed by atoms with Gasteiger partial charge in [-0.25, -0.2) is 0 Å². The molecule has 1 aliphatic rings. The van der Waals surface area contributed by atoms with E-state index in [4.69, 9.17) is 11.6 Å². The van der Waals surface area contributed by atoms with E-state index in [2.05, 4.69) is 20.2 Å². The molecule has 26 heavy (non-hydrogen) atoms. The number of benzene rings is 1. The molecule has 4 rings (SSSR count). The van der Waals surface area contributed by atoms with E-state index in [-0.39, 0.29) is 10.6 Å². The lowest BCUT2D eigenvalue weighted by Crippen LogP contribution is -2.22. The highest BCUT2D eigenvalue weighted by Crippen LogP contribution is 2.28. The van der Waals surface area contributed by atoms with Gasteiger partial charge in [0.2, 0.25) is 0 Å². The molecular weight excluding hydrogens is 350 g/mol. The molecule has 0 amide bonds. The number of para-hydroxylation sites is 1. The zero-order chi connectivity index (χ0) is 17.9. The van der Waals surface area contributed by atoms with Crippen LogP contribution in [-0.2, 0) is 6.54 Å². The van der Waals surface area contributed by atoms with Crippen LogP contribution in [0, 0.1) is 0 Å². The number of rotatable bonds is 5. The zero-order valence-corrected chi connectivity index (χ0v) is 15.1. The number of hydrogen-bond acceptors (Lipinski definition) is 4. The Morgan fingerprint density at radius 1 is 1.15 bits per heavy atom. The summed E-state index contributed by atoms with van der Waals surface area (Å²) in [5.41, 5.74) is 1.76. The fraction of sp³-hybridized carbons (Fsp3) is 0.316. The Kier molecular flexibility index (Phi) is 4.75. The summed E-state index contributed by atoms with van der Waals surface area (Å²) in [6.07, 6.45) is 8.54. The quantitative estimate of drug-likeness (QED) is 0.742. The smallest absolute Gasteiger partial charge is 0.292 e. The molecule has 6 nitrogen and oxygen atoms in total. The van der Waals surface area contributed by atoms with Crippen LogP contribution in [0.3, 0.4) is 0 Å². The van der Waals surface area contributed by atoms with Crippen LogP contribution in [0.25, 0.3) is 5.69 Å². The van der Waals surface area contributed by atoms with E-state index in [1.54, 1.807) is 6.20 Å². The molecule has 0 atom stereocenters. The number of aromatic nitrogens is 4. The minimum Gasteiger partial charge on any atom is -0.377 e. The normalized spacial score (nSPS) is 14.7. The molecule has 1 aliphatic carbocycles. The Hall–Kier alpha value is -2.60. The Morgan fingerprint density at radius 2 is 1.92 bits per heavy atom. The van der Waals surface area contributed by atoms with Gasteiger partial charge < -0.3 is 5.32 Å². The van der Waals surface area contributed by atoms with Crippen molar-refractivity contribution in [2.45, 2.75) is 38.3 Å². The summed E-state index contributed by atoms with van der Waals surface area (Å²) in [6, 6.07) is 11.7. The predicted molar refractivity (Wildman–Crippen MR) is 102 cm³/mol. The molecule has 3 aromatic rings. The minimum atomic E-state index is -0.348. The molecule has 134 valence electrons. The summed E-state index contributed by atoms with van der Waals surface area (Å²) in [5.74, 6) is 0. The van der Waals surface area contributed by atoms with Gasteiger partial charge in [-0.3, -0.25) is 9.48 Å². The number of nitrogens with zero attached hydrogens (tertiary/aromatic N) is 4. The van der Waals surface area contributed by atoms with Crippen molar-refractivity contribution in [2.75, 3.05) is 5.32 Å². The first-order valence-corrected chi connectivity index (χ1v) is 9.21. The summed E-state index contributed by atoms with van der Waals surface area (Å²) in [7, 11) is 0. The molecule has 7 heteroatoms. The van der Waals surface area contributed by atoms with Crippen LogP contribution >= 0.6 is 11.6 Å². The lowest BCUT2D eigenvalue weighted by Gasteiger charge is -2.10. The molecular formula is C19H20ClN5O. The van der Waals surface area contributed by atoms with Gasteiger partial charge in [-0.1, -0.05) is 42.6 Å². The van der Waals surface area contributed by atoms with Gasteiger partial charge in [-0.15, -0.1) is 0 Å². The molecule has 2 heterocycles. The zero-order valence-electron chi connectivity index (χ0n) is 14.3. The molecule has 0 bridgehead atoms. The summed E-state index contributed by atoms with van der Waals surface area (Å²) in [5, 5.41) is 12.1. The van der Waals surface area contributed by atoms with Crippen molar-refractivity contribution in [3.63, 3.8) is 0 Å². The topological polar surface area (TPSA) is 64.7 Å². The third-order valence-corrected chi connectivity index (χ3v) is 5.11. The Bertz CT molecular complexity index is 944. The first kappa shape index (κ1) is 16.8. The average molecular weight is 370 g/mol. The van der Waals surface area contributed by atoms with E-state index < -0.39 is 0 Å². The van der Waals surface area contributed by atoms with E-state index >= 15 is 0 Å². The van der Waals surface area contributed by atoms with Crippen LogP contribution in [0.2, 0.25) is 5.02 Å². The Labute approximate surface area is 156 Å². The lowest BCUT2D eigenvalue weighted by atomic mass is 10.3. The fourth-order valence-electron chi connectivity index (χ4n) is 3.34. The van der Waals surface area contributed by atoms with Crippen molar-refractivity contribution in [1.82, 2.24) is 19.6 Å². The molecule has 0 saturated heterocycles. The van der Waals surface area contributed by atoms with Crippen LogP contribution in [-0.4, -0.2) is 19.6 Å². The standard InChI is InChI=1S/C19H20ClN5O/c20-18-17(13-22-25(19(18)26)16-8-2-1-3-9-16)21-12-14-10-11-24(23-14)15-6-4-5-7-15/h1-3,8-11,13,15,21H,4-7,12H2. The van der Waals surface area contributed by atoms with Crippen LogP contribution in [0.15, 0.2) is 53.6 Å². The molecule has 0 spiro atoms. The molecule has 1 aromatic carbocycles. The highest BCUT2D eigenvalue weighted by Gasteiger charge is 2.17. The Balaban J connectivity index is 1.49. The van der Waals surface area contributed by atoms with Crippen LogP contribution in [0.5, 0.6) is 0 Å². The number of hydrogen-bond donors (Lipinski definition) is 1. The second kappa shape index (κ2) is 7.33. The predicted octanol–water partition coefficient (Wildman–Crippen LogP) is 3.81. The number of nitrogens with one attached hydrogen (secondary N) is 1.